The van der Waals surface area contributed by atoms with E-state index in [4.69, 9.17) is 0 Å². The van der Waals surface area contributed by atoms with Crippen LogP contribution in [0.3, 0.4) is 0 Å². The van der Waals surface area contributed by atoms with Gasteiger partial charge in [0.1, 0.15) is 10.8 Å². The summed E-state index contributed by atoms with van der Waals surface area (Å²) in [6.07, 6.45) is 2.09. The second-order valence-electron chi connectivity index (χ2n) is 6.53. The Morgan fingerprint density at radius 3 is 2.79 bits per heavy atom. The Balaban J connectivity index is 1.44. The fourth-order valence-electron chi connectivity index (χ4n) is 2.96. The van der Waals surface area contributed by atoms with Gasteiger partial charge < -0.3 is 5.32 Å². The number of aromatic nitrogens is 4. The van der Waals surface area contributed by atoms with Crippen LogP contribution in [0, 0.1) is 5.82 Å². The van der Waals surface area contributed by atoms with Crippen LogP contribution < -0.4 is 10.9 Å². The molecule has 2 heterocycles. The third kappa shape index (κ3) is 3.91. The smallest absolute Gasteiger partial charge is 0.274 e. The Morgan fingerprint density at radius 1 is 1.14 bits per heavy atom. The Hall–Kier alpha value is -3.13. The van der Waals surface area contributed by atoms with E-state index in [0.717, 1.165) is 10.4 Å². The number of rotatable bonds is 6. The number of fused-ring (bicyclic) bond motifs is 1. The molecular weight excluding hydrogens is 377 g/mol. The predicted molar refractivity (Wildman–Crippen MR) is 108 cm³/mol. The molecule has 1 N–H and O–H groups in total. The number of nitrogens with zero attached hydrogens (tertiary/aromatic N) is 4. The van der Waals surface area contributed by atoms with E-state index >= 15 is 0 Å². The van der Waals surface area contributed by atoms with Crippen LogP contribution in [0.2, 0.25) is 0 Å². The lowest BCUT2D eigenvalue weighted by Gasteiger charge is -2.13. The average molecular weight is 395 g/mol. The molecule has 28 heavy (non-hydrogen) atoms. The van der Waals surface area contributed by atoms with Crippen molar-refractivity contribution >= 4 is 27.2 Å². The average Bonchev–Trinajstić information content (AvgIpc) is 3.13. The molecule has 8 heteroatoms. The largest absolute Gasteiger partial charge is 0.356 e. The monoisotopic (exact) mass is 395 g/mol. The number of hydrogen-bond acceptors (Lipinski definition) is 6. The maximum absolute atomic E-state index is 13.8. The number of halogens is 1. The van der Waals surface area contributed by atoms with Gasteiger partial charge in [0.05, 0.1) is 18.1 Å². The second kappa shape index (κ2) is 7.85. The van der Waals surface area contributed by atoms with Crippen LogP contribution in [0.4, 0.5) is 9.52 Å². The van der Waals surface area contributed by atoms with Gasteiger partial charge in [0.15, 0.2) is 0 Å². The highest BCUT2D eigenvalue weighted by molar-refractivity contribution is 7.15. The summed E-state index contributed by atoms with van der Waals surface area (Å²) < 4.78 is 15.2. The SMILES string of the molecule is CC(Cn1ncc2ccccc2c1=O)Nc1nnc(Cc2ccccc2F)s1. The zero-order valence-electron chi connectivity index (χ0n) is 15.2. The van der Waals surface area contributed by atoms with Gasteiger partial charge in [0, 0.05) is 17.8 Å². The molecule has 0 bridgehead atoms. The zero-order chi connectivity index (χ0) is 19.5. The molecule has 0 spiro atoms. The summed E-state index contributed by atoms with van der Waals surface area (Å²) in [6, 6.07) is 13.9. The summed E-state index contributed by atoms with van der Waals surface area (Å²) in [6.45, 7) is 2.34. The minimum absolute atomic E-state index is 0.0828. The first kappa shape index (κ1) is 18.2. The molecule has 6 nitrogen and oxygen atoms in total. The summed E-state index contributed by atoms with van der Waals surface area (Å²) in [4.78, 5) is 12.6. The fourth-order valence-corrected chi connectivity index (χ4v) is 3.84. The van der Waals surface area contributed by atoms with Gasteiger partial charge in [-0.3, -0.25) is 4.79 Å². The standard InChI is InChI=1S/C20H18FN5OS/c1-13(12-26-19(27)16-8-4-2-7-15(16)11-22-26)23-20-25-24-18(28-20)10-14-6-3-5-9-17(14)21/h2-9,11,13H,10,12H2,1H3,(H,23,25). The molecular formula is C20H18FN5OS. The molecule has 2 aromatic heterocycles. The maximum Gasteiger partial charge on any atom is 0.274 e. The van der Waals surface area contributed by atoms with E-state index in [1.165, 1.54) is 22.1 Å². The van der Waals surface area contributed by atoms with Crippen LogP contribution in [0.15, 0.2) is 59.5 Å². The van der Waals surface area contributed by atoms with Crippen molar-refractivity contribution in [3.05, 3.63) is 81.5 Å². The van der Waals surface area contributed by atoms with Crippen LogP contribution >= 0.6 is 11.3 Å². The van der Waals surface area contributed by atoms with E-state index in [1.807, 2.05) is 25.1 Å². The topological polar surface area (TPSA) is 72.7 Å². The van der Waals surface area contributed by atoms with Crippen molar-refractivity contribution in [1.82, 2.24) is 20.0 Å². The highest BCUT2D eigenvalue weighted by Crippen LogP contribution is 2.20. The Morgan fingerprint density at radius 2 is 1.93 bits per heavy atom. The van der Waals surface area contributed by atoms with Crippen molar-refractivity contribution < 1.29 is 4.39 Å². The van der Waals surface area contributed by atoms with Gasteiger partial charge in [-0.15, -0.1) is 10.2 Å². The molecule has 0 aliphatic carbocycles. The van der Waals surface area contributed by atoms with Crippen molar-refractivity contribution in [3.8, 4) is 0 Å². The van der Waals surface area contributed by atoms with E-state index in [2.05, 4.69) is 20.6 Å². The van der Waals surface area contributed by atoms with Crippen molar-refractivity contribution in [1.29, 1.82) is 0 Å². The molecule has 1 unspecified atom stereocenters. The fraction of sp³-hybridized carbons (Fsp3) is 0.200. The Kier molecular flexibility index (Phi) is 5.12. The van der Waals surface area contributed by atoms with E-state index < -0.39 is 0 Å². The van der Waals surface area contributed by atoms with Gasteiger partial charge in [0.2, 0.25) is 5.13 Å². The molecule has 0 aliphatic rings. The minimum Gasteiger partial charge on any atom is -0.356 e. The Bertz CT molecular complexity index is 1170. The predicted octanol–water partition coefficient (Wildman–Crippen LogP) is 3.48. The lowest BCUT2D eigenvalue weighted by atomic mass is 10.1. The maximum atomic E-state index is 13.8. The van der Waals surface area contributed by atoms with Crippen LogP contribution in [0.1, 0.15) is 17.5 Å². The molecule has 0 aliphatic heterocycles. The summed E-state index contributed by atoms with van der Waals surface area (Å²) >= 11 is 1.37. The first-order valence-electron chi connectivity index (χ1n) is 8.87. The molecule has 2 aromatic carbocycles. The number of nitrogens with one attached hydrogen (secondary N) is 1. The molecule has 142 valence electrons. The van der Waals surface area contributed by atoms with Crippen LogP contribution in [0.5, 0.6) is 0 Å². The lowest BCUT2D eigenvalue weighted by molar-refractivity contribution is 0.537. The van der Waals surface area contributed by atoms with Gasteiger partial charge in [0.25, 0.3) is 5.56 Å². The molecule has 0 amide bonds. The summed E-state index contributed by atoms with van der Waals surface area (Å²) in [7, 11) is 0. The van der Waals surface area contributed by atoms with Crippen molar-refractivity contribution in [2.24, 2.45) is 0 Å². The highest BCUT2D eigenvalue weighted by Gasteiger charge is 2.12. The highest BCUT2D eigenvalue weighted by atomic mass is 32.1. The molecule has 1 atom stereocenters. The second-order valence-corrected chi connectivity index (χ2v) is 7.60. The normalized spacial score (nSPS) is 12.2. The van der Waals surface area contributed by atoms with E-state index in [1.54, 1.807) is 30.5 Å². The first-order chi connectivity index (χ1) is 13.6. The quantitative estimate of drug-likeness (QED) is 0.541. The molecule has 4 rings (SSSR count). The van der Waals surface area contributed by atoms with E-state index in [0.29, 0.717) is 29.0 Å². The number of benzene rings is 2. The van der Waals surface area contributed by atoms with Gasteiger partial charge in [-0.05, 0) is 24.6 Å². The lowest BCUT2D eigenvalue weighted by Crippen LogP contribution is -2.31. The molecule has 4 aromatic rings. The van der Waals surface area contributed by atoms with Gasteiger partial charge >= 0.3 is 0 Å². The molecule has 0 saturated heterocycles. The molecule has 0 saturated carbocycles. The summed E-state index contributed by atoms with van der Waals surface area (Å²) in [5.74, 6) is -0.248. The van der Waals surface area contributed by atoms with E-state index in [-0.39, 0.29) is 17.4 Å². The van der Waals surface area contributed by atoms with Crippen molar-refractivity contribution in [2.45, 2.75) is 25.9 Å². The Labute approximate surface area is 164 Å². The first-order valence-corrected chi connectivity index (χ1v) is 9.69. The third-order valence-corrected chi connectivity index (χ3v) is 5.20. The molecule has 0 fully saturated rings. The van der Waals surface area contributed by atoms with Crippen LogP contribution in [-0.4, -0.2) is 26.0 Å². The van der Waals surface area contributed by atoms with E-state index in [9.17, 15) is 9.18 Å². The van der Waals surface area contributed by atoms with Gasteiger partial charge in [-0.25, -0.2) is 9.07 Å². The zero-order valence-corrected chi connectivity index (χ0v) is 16.0. The third-order valence-electron chi connectivity index (χ3n) is 4.34. The van der Waals surface area contributed by atoms with Crippen molar-refractivity contribution in [3.63, 3.8) is 0 Å². The van der Waals surface area contributed by atoms with Crippen LogP contribution in [0.25, 0.3) is 10.8 Å². The van der Waals surface area contributed by atoms with Gasteiger partial charge in [-0.2, -0.15) is 5.10 Å². The molecule has 0 radical (unpaired) electrons. The van der Waals surface area contributed by atoms with Gasteiger partial charge in [-0.1, -0.05) is 47.7 Å². The van der Waals surface area contributed by atoms with Crippen LogP contribution in [-0.2, 0) is 13.0 Å². The number of hydrogen-bond donors (Lipinski definition) is 1. The minimum atomic E-state index is -0.248. The van der Waals surface area contributed by atoms with Crippen molar-refractivity contribution in [2.75, 3.05) is 5.32 Å². The number of anilines is 1. The summed E-state index contributed by atoms with van der Waals surface area (Å²) in [5.41, 5.74) is 0.467. The summed E-state index contributed by atoms with van der Waals surface area (Å²) in [5, 5.41) is 18.6.